The van der Waals surface area contributed by atoms with Crippen LogP contribution in [0.4, 0.5) is 0 Å². The summed E-state index contributed by atoms with van der Waals surface area (Å²) in [4.78, 5) is 23.5. The van der Waals surface area contributed by atoms with Gasteiger partial charge in [-0.25, -0.2) is 0 Å². The number of methoxy groups -OCH3 is 2. The van der Waals surface area contributed by atoms with Crippen LogP contribution in [0.1, 0.15) is 0 Å². The van der Waals surface area contributed by atoms with Crippen molar-refractivity contribution in [1.82, 2.24) is 0 Å². The highest BCUT2D eigenvalue weighted by Gasteiger charge is 2.22. The van der Waals surface area contributed by atoms with E-state index in [4.69, 9.17) is 33.0 Å². The Labute approximate surface area is 157 Å². The third-order valence-electron chi connectivity index (χ3n) is 2.87. The predicted molar refractivity (Wildman–Crippen MR) is 91.2 cm³/mol. The fourth-order valence-electron chi connectivity index (χ4n) is 1.48. The summed E-state index contributed by atoms with van der Waals surface area (Å²) in [5, 5.41) is 0. The Morgan fingerprint density at radius 1 is 0.769 bits per heavy atom. The quantitative estimate of drug-likeness (QED) is 0.235. The molecule has 5 atom stereocenters. The van der Waals surface area contributed by atoms with Crippen molar-refractivity contribution < 1.29 is 46.5 Å². The molecular formula is C11H21B3O10P2-2. The first kappa shape index (κ1) is 26.3. The standard InChI is InChI=1S/C11H23B3O10P2/c1-19-6-10(4-13)23-26(17,18)22-8-11(5-14)24-25(15,16)21-7-9(3-12)20-2/h9-11H,3-8H2,1-2H3,(H,15,16)(H,17,18)/p-2/t9-,10-,11-/m0/s1. The molecule has 0 rings (SSSR count). The van der Waals surface area contributed by atoms with E-state index in [-0.39, 0.29) is 32.2 Å². The summed E-state index contributed by atoms with van der Waals surface area (Å²) < 4.78 is 51.6. The fourth-order valence-corrected chi connectivity index (χ4v) is 3.32. The third-order valence-corrected chi connectivity index (χ3v) is 4.91. The molecule has 0 aromatic rings. The van der Waals surface area contributed by atoms with Crippen LogP contribution in [0.3, 0.4) is 0 Å². The minimum atomic E-state index is -4.79. The fraction of sp³-hybridized carbons (Fsp3) is 1.00. The Kier molecular flexibility index (Phi) is 13.7. The van der Waals surface area contributed by atoms with Crippen LogP contribution in [0, 0.1) is 0 Å². The third kappa shape index (κ3) is 11.9. The Morgan fingerprint density at radius 3 is 1.50 bits per heavy atom. The van der Waals surface area contributed by atoms with Gasteiger partial charge in [0.15, 0.2) is 0 Å². The number of rotatable bonds is 16. The summed E-state index contributed by atoms with van der Waals surface area (Å²) in [6.45, 7) is -1.15. The van der Waals surface area contributed by atoms with Gasteiger partial charge in [0.25, 0.3) is 15.6 Å². The van der Waals surface area contributed by atoms with Gasteiger partial charge in [0.1, 0.15) is 0 Å². The minimum Gasteiger partial charge on any atom is -0.756 e. The van der Waals surface area contributed by atoms with Crippen LogP contribution in [0.25, 0.3) is 0 Å². The van der Waals surface area contributed by atoms with E-state index in [0.29, 0.717) is 0 Å². The maximum absolute atomic E-state index is 11.7. The molecule has 0 aromatic carbocycles. The first-order valence-electron chi connectivity index (χ1n) is 7.52. The van der Waals surface area contributed by atoms with Crippen molar-refractivity contribution in [1.29, 1.82) is 0 Å². The molecule has 0 saturated carbocycles. The monoisotopic (exact) mass is 408 g/mol. The lowest BCUT2D eigenvalue weighted by molar-refractivity contribution is -0.240. The number of hydrogen-bond acceptors (Lipinski definition) is 10. The number of phosphoric acid groups is 2. The molecule has 0 aliphatic heterocycles. The summed E-state index contributed by atoms with van der Waals surface area (Å²) in [7, 11) is 9.12. The van der Waals surface area contributed by atoms with E-state index >= 15 is 0 Å². The molecule has 0 saturated heterocycles. The summed E-state index contributed by atoms with van der Waals surface area (Å²) >= 11 is 0. The van der Waals surface area contributed by atoms with Crippen LogP contribution in [-0.4, -0.2) is 75.9 Å². The average Bonchev–Trinajstić information content (AvgIpc) is 2.58. The molecule has 0 aliphatic carbocycles. The smallest absolute Gasteiger partial charge is 0.268 e. The second kappa shape index (κ2) is 13.5. The molecule has 2 unspecified atom stereocenters. The molecule has 0 N–H and O–H groups in total. The van der Waals surface area contributed by atoms with Gasteiger partial charge >= 0.3 is 0 Å². The second-order valence-corrected chi connectivity index (χ2v) is 7.69. The molecule has 6 radical (unpaired) electrons. The van der Waals surface area contributed by atoms with Crippen LogP contribution in [0.5, 0.6) is 0 Å². The highest BCUT2D eigenvalue weighted by atomic mass is 31.2. The van der Waals surface area contributed by atoms with Gasteiger partial charge in [0, 0.05) is 14.2 Å². The van der Waals surface area contributed by atoms with Gasteiger partial charge < -0.3 is 37.4 Å². The number of hydrogen-bond donors (Lipinski definition) is 0. The molecular weight excluding hydrogens is 386 g/mol. The topological polar surface area (TPSA) is 136 Å². The van der Waals surface area contributed by atoms with E-state index in [1.807, 2.05) is 0 Å². The number of ether oxygens (including phenoxy) is 2. The van der Waals surface area contributed by atoms with Crippen molar-refractivity contribution >= 4 is 39.2 Å². The lowest BCUT2D eigenvalue weighted by Gasteiger charge is -2.31. The predicted octanol–water partition coefficient (Wildman–Crippen LogP) is -0.851. The molecule has 0 aliphatic rings. The Hall–Kier alpha value is 0.335. The van der Waals surface area contributed by atoms with Gasteiger partial charge in [0.05, 0.1) is 61.7 Å². The van der Waals surface area contributed by atoms with Crippen molar-refractivity contribution in [2.24, 2.45) is 0 Å². The average molecular weight is 408 g/mol. The molecule has 15 heteroatoms. The van der Waals surface area contributed by atoms with Crippen molar-refractivity contribution in [2.45, 2.75) is 37.3 Å². The van der Waals surface area contributed by atoms with Crippen LogP contribution < -0.4 is 9.79 Å². The molecule has 0 heterocycles. The second-order valence-electron chi connectivity index (χ2n) is 4.96. The summed E-state index contributed by atoms with van der Waals surface area (Å²) in [5.41, 5.74) is 0. The van der Waals surface area contributed by atoms with Crippen molar-refractivity contribution in [3.8, 4) is 0 Å². The van der Waals surface area contributed by atoms with Crippen LogP contribution in [0.2, 0.25) is 19.0 Å². The van der Waals surface area contributed by atoms with E-state index < -0.39 is 40.6 Å². The molecule has 0 bridgehead atoms. The Bertz CT molecular complexity index is 468. The Balaban J connectivity index is 4.56. The van der Waals surface area contributed by atoms with Crippen LogP contribution in [0.15, 0.2) is 0 Å². The highest BCUT2D eigenvalue weighted by molar-refractivity contribution is 7.46. The van der Waals surface area contributed by atoms with Gasteiger partial charge in [-0.15, -0.1) is 0 Å². The van der Waals surface area contributed by atoms with Gasteiger partial charge in [-0.2, -0.15) is 0 Å². The lowest BCUT2D eigenvalue weighted by Crippen LogP contribution is -2.27. The van der Waals surface area contributed by atoms with Gasteiger partial charge in [-0.3, -0.25) is 9.13 Å². The minimum absolute atomic E-state index is 0.0282. The first-order valence-corrected chi connectivity index (χ1v) is 10.4. The Morgan fingerprint density at radius 2 is 1.15 bits per heavy atom. The molecule has 0 spiro atoms. The molecule has 0 fully saturated rings. The van der Waals surface area contributed by atoms with Gasteiger partial charge in [-0.05, 0) is 0 Å². The van der Waals surface area contributed by atoms with E-state index in [1.165, 1.54) is 14.2 Å². The maximum atomic E-state index is 11.7. The van der Waals surface area contributed by atoms with Crippen molar-refractivity contribution in [2.75, 3.05) is 34.0 Å². The molecule has 0 aromatic heterocycles. The molecule has 146 valence electrons. The van der Waals surface area contributed by atoms with E-state index in [0.717, 1.165) is 0 Å². The van der Waals surface area contributed by atoms with E-state index in [1.54, 1.807) is 0 Å². The summed E-state index contributed by atoms with van der Waals surface area (Å²) in [6, 6.07) is 0. The van der Waals surface area contributed by atoms with Crippen LogP contribution in [-0.2, 0) is 36.7 Å². The van der Waals surface area contributed by atoms with Crippen molar-refractivity contribution in [3.05, 3.63) is 0 Å². The normalized spacial score (nSPS) is 20.0. The van der Waals surface area contributed by atoms with E-state index in [9.17, 15) is 18.9 Å². The van der Waals surface area contributed by atoms with Gasteiger partial charge in [-0.1, -0.05) is 19.0 Å². The largest absolute Gasteiger partial charge is 0.756 e. The first-order chi connectivity index (χ1) is 12.1. The molecule has 0 amide bonds. The zero-order valence-corrected chi connectivity index (χ0v) is 16.5. The molecule has 10 nitrogen and oxygen atoms in total. The van der Waals surface area contributed by atoms with Gasteiger partial charge in [0.2, 0.25) is 0 Å². The number of phosphoric ester groups is 2. The summed E-state index contributed by atoms with van der Waals surface area (Å²) in [6.07, 6.45) is -3.39. The SMILES string of the molecule is [B]C[C@@H](COP(=O)([O-])O[C@@H](C[B])COP(=O)([O-])O[C@@H](C[B])COC)OC. The lowest BCUT2D eigenvalue weighted by atomic mass is 10.0. The van der Waals surface area contributed by atoms with Crippen LogP contribution >= 0.6 is 15.6 Å². The molecule has 26 heavy (non-hydrogen) atoms. The maximum Gasteiger partial charge on any atom is 0.268 e. The van der Waals surface area contributed by atoms with E-state index in [2.05, 4.69) is 18.1 Å². The zero-order chi connectivity index (χ0) is 20.2. The highest BCUT2D eigenvalue weighted by Crippen LogP contribution is 2.44. The van der Waals surface area contributed by atoms with Crippen molar-refractivity contribution in [3.63, 3.8) is 0 Å². The summed E-state index contributed by atoms with van der Waals surface area (Å²) in [5.74, 6) is 0. The zero-order valence-electron chi connectivity index (χ0n) is 14.7.